The summed E-state index contributed by atoms with van der Waals surface area (Å²) in [5.41, 5.74) is 2.67. The minimum atomic E-state index is -1.22. The van der Waals surface area contributed by atoms with Crippen LogP contribution in [-0.2, 0) is 14.4 Å². The van der Waals surface area contributed by atoms with E-state index in [1.165, 1.54) is 7.11 Å². The lowest BCUT2D eigenvalue weighted by Crippen LogP contribution is -2.30. The predicted molar refractivity (Wildman–Crippen MR) is 57.4 cm³/mol. The third-order valence-electron chi connectivity index (χ3n) is 1.93. The minimum absolute atomic E-state index is 0.240. The summed E-state index contributed by atoms with van der Waals surface area (Å²) in [6, 6.07) is 8.64. The van der Waals surface area contributed by atoms with Gasteiger partial charge in [0.1, 0.15) is 0 Å². The summed E-state index contributed by atoms with van der Waals surface area (Å²) in [6.45, 7) is 0.617. The molecule has 1 amide bonds. The Morgan fingerprint density at radius 2 is 2.06 bits per heavy atom. The highest BCUT2D eigenvalue weighted by atomic mass is 16.7. The Balaban J connectivity index is 2.37. The molecule has 0 heterocycles. The lowest BCUT2D eigenvalue weighted by atomic mass is 10.1. The van der Waals surface area contributed by atoms with E-state index in [0.29, 0.717) is 12.2 Å². The SMILES string of the molecule is COCCONC(=O)C(O)c1ccccc1. The summed E-state index contributed by atoms with van der Waals surface area (Å²) in [6.07, 6.45) is -1.22. The predicted octanol–water partition coefficient (Wildman–Crippen LogP) is 0.414. The zero-order chi connectivity index (χ0) is 11.8. The maximum Gasteiger partial charge on any atom is 0.276 e. The molecular weight excluding hydrogens is 210 g/mol. The Kier molecular flexibility index (Phi) is 5.49. The van der Waals surface area contributed by atoms with E-state index < -0.39 is 12.0 Å². The van der Waals surface area contributed by atoms with Gasteiger partial charge in [-0.25, -0.2) is 5.48 Å². The molecule has 5 nitrogen and oxygen atoms in total. The number of carbonyl (C=O) groups is 1. The number of benzene rings is 1. The first kappa shape index (κ1) is 12.6. The van der Waals surface area contributed by atoms with Crippen LogP contribution in [0.25, 0.3) is 0 Å². The van der Waals surface area contributed by atoms with E-state index in [1.54, 1.807) is 24.3 Å². The molecule has 0 aliphatic rings. The van der Waals surface area contributed by atoms with Gasteiger partial charge in [-0.15, -0.1) is 0 Å². The van der Waals surface area contributed by atoms with Gasteiger partial charge in [-0.05, 0) is 5.56 Å². The molecule has 0 aliphatic heterocycles. The fourth-order valence-corrected chi connectivity index (χ4v) is 1.09. The molecule has 0 fully saturated rings. The number of aliphatic hydroxyl groups is 1. The third-order valence-corrected chi connectivity index (χ3v) is 1.93. The van der Waals surface area contributed by atoms with Crippen molar-refractivity contribution in [3.05, 3.63) is 35.9 Å². The third kappa shape index (κ3) is 3.98. The lowest BCUT2D eigenvalue weighted by Gasteiger charge is -2.11. The fraction of sp³-hybridized carbons (Fsp3) is 0.364. The number of methoxy groups -OCH3 is 1. The number of amides is 1. The van der Waals surface area contributed by atoms with E-state index in [-0.39, 0.29) is 6.61 Å². The molecule has 1 aromatic carbocycles. The van der Waals surface area contributed by atoms with Crippen LogP contribution in [0.5, 0.6) is 0 Å². The molecule has 0 radical (unpaired) electrons. The number of hydroxylamine groups is 1. The van der Waals surface area contributed by atoms with Crippen LogP contribution in [0.2, 0.25) is 0 Å². The zero-order valence-electron chi connectivity index (χ0n) is 9.05. The summed E-state index contributed by atoms with van der Waals surface area (Å²) in [7, 11) is 1.53. The summed E-state index contributed by atoms with van der Waals surface area (Å²) >= 11 is 0. The van der Waals surface area contributed by atoms with Gasteiger partial charge in [0, 0.05) is 7.11 Å². The number of hydrogen-bond donors (Lipinski definition) is 2. The summed E-state index contributed by atoms with van der Waals surface area (Å²) < 4.78 is 4.73. The van der Waals surface area contributed by atoms with Gasteiger partial charge in [-0.3, -0.25) is 9.63 Å². The van der Waals surface area contributed by atoms with E-state index in [4.69, 9.17) is 9.57 Å². The Bertz CT molecular complexity index is 315. The Morgan fingerprint density at radius 3 is 2.69 bits per heavy atom. The highest BCUT2D eigenvalue weighted by molar-refractivity contribution is 5.80. The molecule has 16 heavy (non-hydrogen) atoms. The van der Waals surface area contributed by atoms with Crippen LogP contribution >= 0.6 is 0 Å². The molecule has 0 aliphatic carbocycles. The van der Waals surface area contributed by atoms with E-state index in [9.17, 15) is 9.90 Å². The standard InChI is InChI=1S/C11H15NO4/c1-15-7-8-16-12-11(14)10(13)9-5-3-2-4-6-9/h2-6,10,13H,7-8H2,1H3,(H,12,14). The van der Waals surface area contributed by atoms with Gasteiger partial charge >= 0.3 is 0 Å². The van der Waals surface area contributed by atoms with Crippen molar-refractivity contribution < 1.29 is 19.5 Å². The maximum atomic E-state index is 11.4. The van der Waals surface area contributed by atoms with Gasteiger partial charge in [0.25, 0.3) is 5.91 Å². The van der Waals surface area contributed by atoms with Crippen LogP contribution in [-0.4, -0.2) is 31.3 Å². The molecule has 1 rings (SSSR count). The number of rotatable bonds is 6. The highest BCUT2D eigenvalue weighted by Gasteiger charge is 2.16. The lowest BCUT2D eigenvalue weighted by molar-refractivity contribution is -0.143. The molecule has 1 aromatic rings. The van der Waals surface area contributed by atoms with Gasteiger partial charge in [0.15, 0.2) is 6.10 Å². The number of carbonyl (C=O) groups excluding carboxylic acids is 1. The maximum absolute atomic E-state index is 11.4. The van der Waals surface area contributed by atoms with Crippen LogP contribution in [0.1, 0.15) is 11.7 Å². The number of ether oxygens (including phenoxy) is 1. The molecule has 1 unspecified atom stereocenters. The Labute approximate surface area is 93.9 Å². The van der Waals surface area contributed by atoms with Crippen LogP contribution in [0.4, 0.5) is 0 Å². The Morgan fingerprint density at radius 1 is 1.38 bits per heavy atom. The number of aliphatic hydroxyl groups excluding tert-OH is 1. The first-order valence-corrected chi connectivity index (χ1v) is 4.89. The first-order valence-electron chi connectivity index (χ1n) is 4.89. The summed E-state index contributed by atoms with van der Waals surface area (Å²) in [4.78, 5) is 16.2. The van der Waals surface area contributed by atoms with Gasteiger partial charge in [-0.2, -0.15) is 0 Å². The Hall–Kier alpha value is -1.43. The first-order chi connectivity index (χ1) is 7.75. The molecule has 0 saturated carbocycles. The van der Waals surface area contributed by atoms with E-state index in [2.05, 4.69) is 5.48 Å². The van der Waals surface area contributed by atoms with E-state index >= 15 is 0 Å². The van der Waals surface area contributed by atoms with Gasteiger partial charge in [-0.1, -0.05) is 30.3 Å². The van der Waals surface area contributed by atoms with Crippen LogP contribution in [0.15, 0.2) is 30.3 Å². The van der Waals surface area contributed by atoms with E-state index in [0.717, 1.165) is 0 Å². The van der Waals surface area contributed by atoms with Crippen LogP contribution < -0.4 is 5.48 Å². The van der Waals surface area contributed by atoms with Crippen molar-refractivity contribution >= 4 is 5.91 Å². The monoisotopic (exact) mass is 225 g/mol. The molecule has 88 valence electrons. The topological polar surface area (TPSA) is 67.8 Å². The van der Waals surface area contributed by atoms with Gasteiger partial charge in [0.2, 0.25) is 0 Å². The molecule has 0 saturated heterocycles. The van der Waals surface area contributed by atoms with Crippen molar-refractivity contribution in [3.8, 4) is 0 Å². The summed E-state index contributed by atoms with van der Waals surface area (Å²) in [5, 5.41) is 9.62. The van der Waals surface area contributed by atoms with E-state index in [1.807, 2.05) is 6.07 Å². The van der Waals surface area contributed by atoms with Crippen molar-refractivity contribution in [3.63, 3.8) is 0 Å². The van der Waals surface area contributed by atoms with Gasteiger partial charge in [0.05, 0.1) is 13.2 Å². The molecule has 0 aromatic heterocycles. The molecule has 2 N–H and O–H groups in total. The average Bonchev–Trinajstić information content (AvgIpc) is 2.34. The number of nitrogens with one attached hydrogen (secondary N) is 1. The van der Waals surface area contributed by atoms with Crippen molar-refractivity contribution in [1.82, 2.24) is 5.48 Å². The average molecular weight is 225 g/mol. The summed E-state index contributed by atoms with van der Waals surface area (Å²) in [5.74, 6) is -0.595. The number of hydrogen-bond acceptors (Lipinski definition) is 4. The van der Waals surface area contributed by atoms with Crippen molar-refractivity contribution in [2.45, 2.75) is 6.10 Å². The second kappa shape index (κ2) is 6.95. The van der Waals surface area contributed by atoms with Gasteiger partial charge < -0.3 is 9.84 Å². The highest BCUT2D eigenvalue weighted by Crippen LogP contribution is 2.11. The van der Waals surface area contributed by atoms with Crippen molar-refractivity contribution in [2.75, 3.05) is 20.3 Å². The van der Waals surface area contributed by atoms with Crippen LogP contribution in [0, 0.1) is 0 Å². The second-order valence-electron chi connectivity index (χ2n) is 3.12. The smallest absolute Gasteiger partial charge is 0.276 e. The molecular formula is C11H15NO4. The molecule has 1 atom stereocenters. The molecule has 0 bridgehead atoms. The minimum Gasteiger partial charge on any atom is -0.382 e. The largest absolute Gasteiger partial charge is 0.382 e. The fourth-order valence-electron chi connectivity index (χ4n) is 1.09. The molecule has 0 spiro atoms. The normalized spacial score (nSPS) is 12.1. The van der Waals surface area contributed by atoms with Crippen molar-refractivity contribution in [1.29, 1.82) is 0 Å². The molecule has 5 heteroatoms. The van der Waals surface area contributed by atoms with Crippen LogP contribution in [0.3, 0.4) is 0 Å². The zero-order valence-corrected chi connectivity index (χ0v) is 9.05. The van der Waals surface area contributed by atoms with Crippen molar-refractivity contribution in [2.24, 2.45) is 0 Å². The second-order valence-corrected chi connectivity index (χ2v) is 3.12. The quantitative estimate of drug-likeness (QED) is 0.543.